The first-order chi connectivity index (χ1) is 9.41. The van der Waals surface area contributed by atoms with E-state index in [2.05, 4.69) is 13.0 Å². The summed E-state index contributed by atoms with van der Waals surface area (Å²) in [5.74, 6) is -2.55. The quantitative estimate of drug-likeness (QED) is 0.814. The zero-order valence-corrected chi connectivity index (χ0v) is 11.6. The minimum absolute atomic E-state index is 0.119. The predicted octanol–water partition coefficient (Wildman–Crippen LogP) is 4.51. The maximum atomic E-state index is 13.4. The standard InChI is InChI=1S/C17H19F2N/c1-12-6-7-15(14-5-3-2-4-13(12)14)16(20)8-10-17(18,19)11-9-16/h2-7H,8-11,20H2,1H3. The average Bonchev–Trinajstić information content (AvgIpc) is 2.43. The smallest absolute Gasteiger partial charge is 0.248 e. The van der Waals surface area contributed by atoms with Crippen molar-refractivity contribution in [2.24, 2.45) is 5.73 Å². The van der Waals surface area contributed by atoms with Crippen LogP contribution in [0.3, 0.4) is 0 Å². The second-order valence-corrected chi connectivity index (χ2v) is 5.99. The molecule has 0 heterocycles. The van der Waals surface area contributed by atoms with Gasteiger partial charge in [-0.1, -0.05) is 36.4 Å². The molecule has 3 heteroatoms. The van der Waals surface area contributed by atoms with Crippen LogP contribution in [0.25, 0.3) is 10.8 Å². The highest BCUT2D eigenvalue weighted by Crippen LogP contribution is 2.44. The van der Waals surface area contributed by atoms with Crippen molar-refractivity contribution in [2.75, 3.05) is 0 Å². The minimum Gasteiger partial charge on any atom is -0.321 e. The molecule has 1 aliphatic carbocycles. The Morgan fingerprint density at radius 3 is 2.15 bits per heavy atom. The van der Waals surface area contributed by atoms with Gasteiger partial charge in [-0.05, 0) is 41.7 Å². The molecule has 1 nitrogen and oxygen atoms in total. The Bertz CT molecular complexity index is 638. The fraction of sp³-hybridized carbons (Fsp3) is 0.412. The summed E-state index contributed by atoms with van der Waals surface area (Å²) >= 11 is 0. The Kier molecular flexibility index (Phi) is 3.05. The lowest BCUT2D eigenvalue weighted by molar-refractivity contribution is -0.0512. The molecule has 0 atom stereocenters. The molecule has 0 radical (unpaired) electrons. The van der Waals surface area contributed by atoms with Crippen molar-refractivity contribution in [3.8, 4) is 0 Å². The summed E-state index contributed by atoms with van der Waals surface area (Å²) in [5, 5.41) is 2.26. The van der Waals surface area contributed by atoms with Crippen LogP contribution in [0, 0.1) is 6.92 Å². The molecule has 0 aromatic heterocycles. The van der Waals surface area contributed by atoms with Gasteiger partial charge >= 0.3 is 0 Å². The van der Waals surface area contributed by atoms with Gasteiger partial charge in [0.15, 0.2) is 0 Å². The van der Waals surface area contributed by atoms with Gasteiger partial charge in [-0.15, -0.1) is 0 Å². The summed E-state index contributed by atoms with van der Waals surface area (Å²) < 4.78 is 26.8. The number of benzene rings is 2. The van der Waals surface area contributed by atoms with Crippen LogP contribution < -0.4 is 5.73 Å². The lowest BCUT2D eigenvalue weighted by Gasteiger charge is -2.38. The number of fused-ring (bicyclic) bond motifs is 1. The minimum atomic E-state index is -2.55. The molecule has 2 N–H and O–H groups in total. The summed E-state index contributed by atoms with van der Waals surface area (Å²) in [6.45, 7) is 2.06. The van der Waals surface area contributed by atoms with E-state index in [9.17, 15) is 8.78 Å². The van der Waals surface area contributed by atoms with Gasteiger partial charge < -0.3 is 5.73 Å². The molecule has 0 bridgehead atoms. The van der Waals surface area contributed by atoms with Gasteiger partial charge in [0, 0.05) is 18.4 Å². The van der Waals surface area contributed by atoms with E-state index in [-0.39, 0.29) is 12.8 Å². The van der Waals surface area contributed by atoms with Crippen molar-refractivity contribution >= 4 is 10.8 Å². The van der Waals surface area contributed by atoms with Crippen molar-refractivity contribution in [3.05, 3.63) is 47.5 Å². The lowest BCUT2D eigenvalue weighted by Crippen LogP contribution is -2.43. The zero-order valence-electron chi connectivity index (χ0n) is 11.6. The Hall–Kier alpha value is -1.48. The molecule has 0 unspecified atom stereocenters. The molecule has 1 fully saturated rings. The predicted molar refractivity (Wildman–Crippen MR) is 78.0 cm³/mol. The highest BCUT2D eigenvalue weighted by molar-refractivity contribution is 5.89. The van der Waals surface area contributed by atoms with Gasteiger partial charge in [-0.2, -0.15) is 0 Å². The number of alkyl halides is 2. The molecular formula is C17H19F2N. The third kappa shape index (κ3) is 2.20. The fourth-order valence-corrected chi connectivity index (χ4v) is 3.22. The number of rotatable bonds is 1. The molecule has 0 saturated heterocycles. The number of halogens is 2. The number of aryl methyl sites for hydroxylation is 1. The Balaban J connectivity index is 2.09. The van der Waals surface area contributed by atoms with Crippen molar-refractivity contribution in [1.29, 1.82) is 0 Å². The fourth-order valence-electron chi connectivity index (χ4n) is 3.22. The van der Waals surface area contributed by atoms with E-state index in [0.29, 0.717) is 12.8 Å². The summed E-state index contributed by atoms with van der Waals surface area (Å²) in [4.78, 5) is 0. The number of hydrogen-bond acceptors (Lipinski definition) is 1. The molecule has 2 aromatic carbocycles. The van der Waals surface area contributed by atoms with Crippen molar-refractivity contribution < 1.29 is 8.78 Å². The number of nitrogens with two attached hydrogens (primary N) is 1. The molecule has 0 spiro atoms. The third-order valence-corrected chi connectivity index (χ3v) is 4.55. The van der Waals surface area contributed by atoms with Crippen molar-refractivity contribution in [2.45, 2.75) is 44.1 Å². The summed E-state index contributed by atoms with van der Waals surface area (Å²) in [6.07, 6.45) is 0.442. The van der Waals surface area contributed by atoms with E-state index < -0.39 is 11.5 Å². The highest BCUT2D eigenvalue weighted by Gasteiger charge is 2.42. The van der Waals surface area contributed by atoms with Gasteiger partial charge in [0.05, 0.1) is 0 Å². The third-order valence-electron chi connectivity index (χ3n) is 4.55. The van der Waals surface area contributed by atoms with E-state index in [1.807, 2.05) is 30.3 Å². The molecule has 2 aromatic rings. The van der Waals surface area contributed by atoms with Gasteiger partial charge in [0.1, 0.15) is 0 Å². The maximum absolute atomic E-state index is 13.4. The van der Waals surface area contributed by atoms with Gasteiger partial charge in [0.2, 0.25) is 5.92 Å². The van der Waals surface area contributed by atoms with Gasteiger partial charge in [0.25, 0.3) is 0 Å². The SMILES string of the molecule is Cc1ccc(C2(N)CCC(F)(F)CC2)c2ccccc12. The lowest BCUT2D eigenvalue weighted by atomic mass is 9.74. The highest BCUT2D eigenvalue weighted by atomic mass is 19.3. The van der Waals surface area contributed by atoms with Crippen LogP contribution >= 0.6 is 0 Å². The normalized spacial score (nSPS) is 21.0. The van der Waals surface area contributed by atoms with E-state index in [1.54, 1.807) is 0 Å². The average molecular weight is 275 g/mol. The van der Waals surface area contributed by atoms with Crippen LogP contribution in [0.1, 0.15) is 36.8 Å². The van der Waals surface area contributed by atoms with E-state index in [4.69, 9.17) is 5.73 Å². The van der Waals surface area contributed by atoms with Crippen molar-refractivity contribution in [3.63, 3.8) is 0 Å². The van der Waals surface area contributed by atoms with E-state index in [0.717, 1.165) is 16.3 Å². The van der Waals surface area contributed by atoms with Gasteiger partial charge in [-0.3, -0.25) is 0 Å². The zero-order chi connectivity index (χ0) is 14.4. The van der Waals surface area contributed by atoms with Crippen LogP contribution in [0.4, 0.5) is 8.78 Å². The summed E-state index contributed by atoms with van der Waals surface area (Å²) in [7, 11) is 0. The Morgan fingerprint density at radius 2 is 1.50 bits per heavy atom. The van der Waals surface area contributed by atoms with Crippen LogP contribution in [-0.2, 0) is 5.54 Å². The molecule has 1 saturated carbocycles. The largest absolute Gasteiger partial charge is 0.321 e. The molecule has 106 valence electrons. The van der Waals surface area contributed by atoms with Crippen LogP contribution in [-0.4, -0.2) is 5.92 Å². The van der Waals surface area contributed by atoms with Gasteiger partial charge in [-0.25, -0.2) is 8.78 Å². The Labute approximate surface area is 117 Å². The second-order valence-electron chi connectivity index (χ2n) is 5.99. The molecule has 0 aliphatic heterocycles. The van der Waals surface area contributed by atoms with Crippen LogP contribution in [0.2, 0.25) is 0 Å². The van der Waals surface area contributed by atoms with E-state index >= 15 is 0 Å². The molecule has 20 heavy (non-hydrogen) atoms. The second kappa shape index (κ2) is 4.52. The topological polar surface area (TPSA) is 26.0 Å². The molecule has 3 rings (SSSR count). The Morgan fingerprint density at radius 1 is 0.900 bits per heavy atom. The molecular weight excluding hydrogens is 256 g/mol. The first-order valence-electron chi connectivity index (χ1n) is 7.07. The monoisotopic (exact) mass is 275 g/mol. The summed E-state index contributed by atoms with van der Waals surface area (Å²) in [6, 6.07) is 12.1. The van der Waals surface area contributed by atoms with Crippen molar-refractivity contribution in [1.82, 2.24) is 0 Å². The molecule has 1 aliphatic rings. The summed E-state index contributed by atoms with van der Waals surface area (Å²) in [5.41, 5.74) is 8.05. The van der Waals surface area contributed by atoms with Crippen LogP contribution in [0.15, 0.2) is 36.4 Å². The number of hydrogen-bond donors (Lipinski definition) is 1. The maximum Gasteiger partial charge on any atom is 0.248 e. The first kappa shape index (κ1) is 13.5. The van der Waals surface area contributed by atoms with Crippen LogP contribution in [0.5, 0.6) is 0 Å². The first-order valence-corrected chi connectivity index (χ1v) is 7.07. The molecule has 0 amide bonds. The van der Waals surface area contributed by atoms with E-state index in [1.165, 1.54) is 5.56 Å².